The van der Waals surface area contributed by atoms with Gasteiger partial charge in [-0.2, -0.15) is 0 Å². The Bertz CT molecular complexity index is 708. The molecule has 27 heavy (non-hydrogen) atoms. The molecule has 4 N–H and O–H groups in total. The van der Waals surface area contributed by atoms with Crippen molar-refractivity contribution in [2.75, 3.05) is 26.7 Å². The number of hydrogen-bond donors (Lipinski definition) is 3. The standard InChI is InChI=1S/C20H29N5O2/c1-22-19(25-11-10-20(14-25)8-2-3-9-20)24-12-15-4-6-16(7-5-15)18(27)23-13-17(21)26/h4-7H,2-3,8-14H2,1H3,(H2,21,26)(H,22,24)(H,23,27). The smallest absolute Gasteiger partial charge is 0.251 e. The molecule has 1 aromatic carbocycles. The zero-order valence-electron chi connectivity index (χ0n) is 16.0. The van der Waals surface area contributed by atoms with Gasteiger partial charge in [-0.05, 0) is 42.4 Å². The van der Waals surface area contributed by atoms with Crippen LogP contribution in [0.3, 0.4) is 0 Å². The second-order valence-corrected chi connectivity index (χ2v) is 7.63. The van der Waals surface area contributed by atoms with Crippen LogP contribution in [0.1, 0.15) is 48.0 Å². The number of rotatable bonds is 5. The molecule has 1 saturated heterocycles. The van der Waals surface area contributed by atoms with E-state index >= 15 is 0 Å². The highest BCUT2D eigenvalue weighted by molar-refractivity contribution is 5.96. The van der Waals surface area contributed by atoms with Crippen LogP contribution in [-0.2, 0) is 11.3 Å². The summed E-state index contributed by atoms with van der Waals surface area (Å²) in [4.78, 5) is 29.5. The van der Waals surface area contributed by atoms with Crippen molar-refractivity contribution in [1.82, 2.24) is 15.5 Å². The van der Waals surface area contributed by atoms with Crippen molar-refractivity contribution in [2.24, 2.45) is 16.1 Å². The van der Waals surface area contributed by atoms with E-state index in [0.29, 0.717) is 17.5 Å². The van der Waals surface area contributed by atoms with Gasteiger partial charge in [0.05, 0.1) is 6.54 Å². The molecule has 0 unspecified atom stereocenters. The molecule has 1 spiro atoms. The Morgan fingerprint density at radius 2 is 1.85 bits per heavy atom. The first-order valence-corrected chi connectivity index (χ1v) is 9.62. The number of carbonyl (C=O) groups excluding carboxylic acids is 2. The van der Waals surface area contributed by atoms with E-state index in [1.165, 1.54) is 32.1 Å². The van der Waals surface area contributed by atoms with Crippen LogP contribution < -0.4 is 16.4 Å². The van der Waals surface area contributed by atoms with E-state index in [9.17, 15) is 9.59 Å². The predicted molar refractivity (Wildman–Crippen MR) is 105 cm³/mol. The van der Waals surface area contributed by atoms with Crippen molar-refractivity contribution in [3.8, 4) is 0 Å². The summed E-state index contributed by atoms with van der Waals surface area (Å²) in [5.74, 6) is 0.0851. The summed E-state index contributed by atoms with van der Waals surface area (Å²) in [6.45, 7) is 2.67. The van der Waals surface area contributed by atoms with Gasteiger partial charge in [-0.15, -0.1) is 0 Å². The van der Waals surface area contributed by atoms with E-state index in [-0.39, 0.29) is 12.5 Å². The number of hydrogen-bond acceptors (Lipinski definition) is 3. The second-order valence-electron chi connectivity index (χ2n) is 7.63. The maximum Gasteiger partial charge on any atom is 0.251 e. The maximum atomic E-state index is 11.9. The lowest BCUT2D eigenvalue weighted by Crippen LogP contribution is -2.40. The van der Waals surface area contributed by atoms with Crippen LogP contribution in [0, 0.1) is 5.41 Å². The molecule has 7 heteroatoms. The molecule has 2 fully saturated rings. The minimum absolute atomic E-state index is 0.157. The third-order valence-corrected chi connectivity index (χ3v) is 5.70. The van der Waals surface area contributed by atoms with Crippen LogP contribution >= 0.6 is 0 Å². The van der Waals surface area contributed by atoms with E-state index in [0.717, 1.165) is 24.6 Å². The Kier molecular flexibility index (Phi) is 5.98. The van der Waals surface area contributed by atoms with E-state index in [4.69, 9.17) is 5.73 Å². The molecule has 1 saturated carbocycles. The quantitative estimate of drug-likeness (QED) is 0.536. The number of benzene rings is 1. The van der Waals surface area contributed by atoms with Crippen molar-refractivity contribution in [1.29, 1.82) is 0 Å². The summed E-state index contributed by atoms with van der Waals surface area (Å²) >= 11 is 0. The summed E-state index contributed by atoms with van der Waals surface area (Å²) in [5.41, 5.74) is 7.12. The molecule has 1 heterocycles. The Labute approximate surface area is 160 Å². The van der Waals surface area contributed by atoms with E-state index in [2.05, 4.69) is 20.5 Å². The Morgan fingerprint density at radius 1 is 1.15 bits per heavy atom. The average molecular weight is 371 g/mol. The average Bonchev–Trinajstić information content (AvgIpc) is 3.31. The molecular formula is C20H29N5O2. The lowest BCUT2D eigenvalue weighted by atomic mass is 9.86. The van der Waals surface area contributed by atoms with Gasteiger partial charge >= 0.3 is 0 Å². The minimum atomic E-state index is -0.558. The molecule has 1 aliphatic heterocycles. The molecule has 0 atom stereocenters. The van der Waals surface area contributed by atoms with E-state index in [1.807, 2.05) is 19.2 Å². The molecule has 7 nitrogen and oxygen atoms in total. The number of guanidine groups is 1. The molecular weight excluding hydrogens is 342 g/mol. The van der Waals surface area contributed by atoms with Crippen LogP contribution in [0.5, 0.6) is 0 Å². The fraction of sp³-hybridized carbons (Fsp3) is 0.550. The van der Waals surface area contributed by atoms with Gasteiger partial charge in [0, 0.05) is 32.2 Å². The number of carbonyl (C=O) groups is 2. The van der Waals surface area contributed by atoms with Gasteiger partial charge in [0.15, 0.2) is 5.96 Å². The van der Waals surface area contributed by atoms with Crippen molar-refractivity contribution in [2.45, 2.75) is 38.6 Å². The number of amides is 2. The number of nitrogens with two attached hydrogens (primary N) is 1. The molecule has 1 aliphatic carbocycles. The predicted octanol–water partition coefficient (Wildman–Crippen LogP) is 1.24. The molecule has 2 amide bonds. The van der Waals surface area contributed by atoms with Crippen molar-refractivity contribution >= 4 is 17.8 Å². The zero-order valence-corrected chi connectivity index (χ0v) is 16.0. The number of likely N-dealkylation sites (tertiary alicyclic amines) is 1. The fourth-order valence-corrected chi connectivity index (χ4v) is 4.21. The highest BCUT2D eigenvalue weighted by atomic mass is 16.2. The summed E-state index contributed by atoms with van der Waals surface area (Å²) in [6, 6.07) is 7.31. The molecule has 3 rings (SSSR count). The Morgan fingerprint density at radius 3 is 2.48 bits per heavy atom. The van der Waals surface area contributed by atoms with Gasteiger partial charge in [0.2, 0.25) is 5.91 Å². The third-order valence-electron chi connectivity index (χ3n) is 5.70. The van der Waals surface area contributed by atoms with Crippen LogP contribution in [-0.4, -0.2) is 49.4 Å². The SMILES string of the molecule is CN=C(NCc1ccc(C(=O)NCC(N)=O)cc1)N1CCC2(CCCC2)C1. The lowest BCUT2D eigenvalue weighted by Gasteiger charge is -2.26. The summed E-state index contributed by atoms with van der Waals surface area (Å²) in [6.07, 6.45) is 6.68. The number of primary amides is 1. The molecule has 146 valence electrons. The lowest BCUT2D eigenvalue weighted by molar-refractivity contribution is -0.117. The van der Waals surface area contributed by atoms with Gasteiger partial charge in [-0.3, -0.25) is 14.6 Å². The third kappa shape index (κ3) is 4.78. The van der Waals surface area contributed by atoms with Crippen LogP contribution in [0.25, 0.3) is 0 Å². The normalized spacial score (nSPS) is 18.7. The summed E-state index contributed by atoms with van der Waals surface area (Å²) < 4.78 is 0. The van der Waals surface area contributed by atoms with Crippen molar-refractivity contribution in [3.05, 3.63) is 35.4 Å². The molecule has 2 aliphatic rings. The molecule has 0 aromatic heterocycles. The topological polar surface area (TPSA) is 99.8 Å². The van der Waals surface area contributed by atoms with Gasteiger partial charge < -0.3 is 21.3 Å². The van der Waals surface area contributed by atoms with Crippen molar-refractivity contribution in [3.63, 3.8) is 0 Å². The molecule has 1 aromatic rings. The van der Waals surface area contributed by atoms with Gasteiger partial charge in [-0.1, -0.05) is 25.0 Å². The van der Waals surface area contributed by atoms with Crippen LogP contribution in [0.4, 0.5) is 0 Å². The first kappa shape index (κ1) is 19.2. The van der Waals surface area contributed by atoms with Crippen LogP contribution in [0.15, 0.2) is 29.3 Å². The van der Waals surface area contributed by atoms with E-state index in [1.54, 1.807) is 12.1 Å². The Hall–Kier alpha value is -2.57. The minimum Gasteiger partial charge on any atom is -0.368 e. The highest BCUT2D eigenvalue weighted by Gasteiger charge is 2.41. The largest absolute Gasteiger partial charge is 0.368 e. The monoisotopic (exact) mass is 371 g/mol. The van der Waals surface area contributed by atoms with Gasteiger partial charge in [0.25, 0.3) is 5.91 Å². The first-order valence-electron chi connectivity index (χ1n) is 9.62. The fourth-order valence-electron chi connectivity index (χ4n) is 4.21. The molecule has 0 bridgehead atoms. The molecule has 0 radical (unpaired) electrons. The first-order chi connectivity index (χ1) is 13.0. The van der Waals surface area contributed by atoms with Crippen molar-refractivity contribution < 1.29 is 9.59 Å². The number of nitrogens with zero attached hydrogens (tertiary/aromatic N) is 2. The summed E-state index contributed by atoms with van der Waals surface area (Å²) in [5, 5.41) is 5.92. The second kappa shape index (κ2) is 8.41. The van der Waals surface area contributed by atoms with E-state index < -0.39 is 5.91 Å². The highest BCUT2D eigenvalue weighted by Crippen LogP contribution is 2.45. The number of aliphatic imine (C=N–C) groups is 1. The van der Waals surface area contributed by atoms with Gasteiger partial charge in [-0.25, -0.2) is 0 Å². The maximum absolute atomic E-state index is 11.9. The zero-order chi connectivity index (χ0) is 19.3. The summed E-state index contributed by atoms with van der Waals surface area (Å²) in [7, 11) is 1.83. The Balaban J connectivity index is 1.51. The van der Waals surface area contributed by atoms with Crippen LogP contribution in [0.2, 0.25) is 0 Å². The number of nitrogens with one attached hydrogen (secondary N) is 2. The van der Waals surface area contributed by atoms with Gasteiger partial charge in [0.1, 0.15) is 0 Å².